The molecule has 0 aliphatic carbocycles. The van der Waals surface area contributed by atoms with E-state index in [4.69, 9.17) is 4.42 Å². The molecule has 0 aliphatic heterocycles. The molecule has 28 heavy (non-hydrogen) atoms. The molecule has 1 heterocycles. The van der Waals surface area contributed by atoms with E-state index in [1.165, 1.54) is 12.1 Å². The van der Waals surface area contributed by atoms with Crippen molar-refractivity contribution in [3.05, 3.63) is 72.1 Å². The van der Waals surface area contributed by atoms with Gasteiger partial charge in [-0.1, -0.05) is 37.3 Å². The van der Waals surface area contributed by atoms with Crippen LogP contribution in [0.4, 0.5) is 0 Å². The predicted octanol–water partition coefficient (Wildman–Crippen LogP) is 3.50. The van der Waals surface area contributed by atoms with E-state index in [0.29, 0.717) is 31.0 Å². The Morgan fingerprint density at radius 2 is 1.79 bits per heavy atom. The van der Waals surface area contributed by atoms with Crippen LogP contribution in [0.15, 0.2) is 70.2 Å². The van der Waals surface area contributed by atoms with Gasteiger partial charge in [-0.05, 0) is 30.7 Å². The molecular weight excluding hydrogens is 376 g/mol. The van der Waals surface area contributed by atoms with Gasteiger partial charge < -0.3 is 9.73 Å². The van der Waals surface area contributed by atoms with Crippen LogP contribution in [0.5, 0.6) is 0 Å². The molecule has 1 amide bonds. The number of carbonyl (C=O) groups excluding carboxylic acids is 1. The van der Waals surface area contributed by atoms with E-state index in [0.717, 1.165) is 5.56 Å². The van der Waals surface area contributed by atoms with Gasteiger partial charge >= 0.3 is 0 Å². The van der Waals surface area contributed by atoms with Crippen LogP contribution in [-0.4, -0.2) is 31.6 Å². The zero-order valence-corrected chi connectivity index (χ0v) is 16.4. The molecule has 0 saturated heterocycles. The second-order valence-electron chi connectivity index (χ2n) is 6.33. The molecule has 7 heteroatoms. The second-order valence-corrected chi connectivity index (χ2v) is 8.41. The zero-order valence-electron chi connectivity index (χ0n) is 15.6. The number of benzene rings is 2. The largest absolute Gasteiger partial charge is 0.444 e. The number of oxazole rings is 1. The molecule has 0 unspecified atom stereocenters. The highest BCUT2D eigenvalue weighted by molar-refractivity contribution is 7.91. The van der Waals surface area contributed by atoms with Crippen LogP contribution in [0, 0.1) is 0 Å². The number of nitrogens with one attached hydrogen (secondary N) is 1. The number of hydrogen-bond donors (Lipinski definition) is 1. The van der Waals surface area contributed by atoms with Crippen LogP contribution in [-0.2, 0) is 16.3 Å². The van der Waals surface area contributed by atoms with E-state index in [1.54, 1.807) is 25.3 Å². The first kappa shape index (κ1) is 19.8. The predicted molar refractivity (Wildman–Crippen MR) is 107 cm³/mol. The number of sulfone groups is 1. The molecule has 146 valence electrons. The molecule has 0 spiro atoms. The lowest BCUT2D eigenvalue weighted by Crippen LogP contribution is -2.27. The monoisotopic (exact) mass is 398 g/mol. The number of carbonyl (C=O) groups is 1. The quantitative estimate of drug-likeness (QED) is 0.627. The average molecular weight is 398 g/mol. The van der Waals surface area contributed by atoms with Crippen molar-refractivity contribution in [2.45, 2.75) is 24.7 Å². The Bertz CT molecular complexity index is 1040. The molecule has 0 bridgehead atoms. The van der Waals surface area contributed by atoms with Gasteiger partial charge in [0.2, 0.25) is 5.89 Å². The minimum Gasteiger partial charge on any atom is -0.444 e. The van der Waals surface area contributed by atoms with Crippen LogP contribution >= 0.6 is 0 Å². The number of rotatable bonds is 8. The summed E-state index contributed by atoms with van der Waals surface area (Å²) in [5.74, 6) is 0.123. The summed E-state index contributed by atoms with van der Waals surface area (Å²) >= 11 is 0. The highest BCUT2D eigenvalue weighted by Gasteiger charge is 2.21. The molecule has 3 rings (SSSR count). The van der Waals surface area contributed by atoms with Crippen molar-refractivity contribution < 1.29 is 17.6 Å². The minimum atomic E-state index is -3.48. The van der Waals surface area contributed by atoms with Crippen LogP contribution < -0.4 is 5.32 Å². The number of aromatic nitrogens is 1. The Labute approximate surface area is 164 Å². The molecule has 1 aromatic heterocycles. The fourth-order valence-corrected chi connectivity index (χ4v) is 4.38. The summed E-state index contributed by atoms with van der Waals surface area (Å²) < 4.78 is 30.3. The maximum atomic E-state index is 12.5. The summed E-state index contributed by atoms with van der Waals surface area (Å²) in [6.45, 7) is 2.11. The molecule has 0 fully saturated rings. The van der Waals surface area contributed by atoms with Crippen LogP contribution in [0.2, 0.25) is 0 Å². The minimum absolute atomic E-state index is 0.0124. The number of nitrogens with zero attached hydrogens (tertiary/aromatic N) is 1. The fourth-order valence-electron chi connectivity index (χ4n) is 2.84. The van der Waals surface area contributed by atoms with Gasteiger partial charge in [0, 0.05) is 18.5 Å². The van der Waals surface area contributed by atoms with Crippen molar-refractivity contribution in [1.29, 1.82) is 0 Å². The van der Waals surface area contributed by atoms with Crippen molar-refractivity contribution in [3.63, 3.8) is 0 Å². The Hall–Kier alpha value is -2.93. The molecule has 0 atom stereocenters. The van der Waals surface area contributed by atoms with E-state index < -0.39 is 15.7 Å². The maximum Gasteiger partial charge on any atom is 0.252 e. The first-order valence-corrected chi connectivity index (χ1v) is 10.8. The SMILES string of the molecule is CCCS(=O)(=O)c1ccccc1C(=O)NCCc1coc(-c2ccccc2)n1. The van der Waals surface area contributed by atoms with Crippen molar-refractivity contribution in [3.8, 4) is 11.5 Å². The smallest absolute Gasteiger partial charge is 0.252 e. The van der Waals surface area contributed by atoms with Crippen molar-refractivity contribution in [2.24, 2.45) is 0 Å². The molecule has 0 saturated carbocycles. The van der Waals surface area contributed by atoms with E-state index in [-0.39, 0.29) is 16.2 Å². The molecule has 3 aromatic rings. The van der Waals surface area contributed by atoms with Gasteiger partial charge in [-0.2, -0.15) is 0 Å². The highest BCUT2D eigenvalue weighted by Crippen LogP contribution is 2.19. The van der Waals surface area contributed by atoms with Crippen LogP contribution in [0.3, 0.4) is 0 Å². The Morgan fingerprint density at radius 1 is 1.07 bits per heavy atom. The first-order valence-electron chi connectivity index (χ1n) is 9.11. The van der Waals surface area contributed by atoms with E-state index in [9.17, 15) is 13.2 Å². The van der Waals surface area contributed by atoms with Gasteiger partial charge in [0.15, 0.2) is 9.84 Å². The molecule has 2 aromatic carbocycles. The topological polar surface area (TPSA) is 89.3 Å². The summed E-state index contributed by atoms with van der Waals surface area (Å²) in [5.41, 5.74) is 1.76. The second kappa shape index (κ2) is 8.84. The number of hydrogen-bond acceptors (Lipinski definition) is 5. The van der Waals surface area contributed by atoms with Crippen LogP contribution in [0.1, 0.15) is 29.4 Å². The van der Waals surface area contributed by atoms with Crippen LogP contribution in [0.25, 0.3) is 11.5 Å². The summed E-state index contributed by atoms with van der Waals surface area (Å²) in [5, 5.41) is 2.77. The summed E-state index contributed by atoms with van der Waals surface area (Å²) in [4.78, 5) is 17.0. The Kier molecular flexibility index (Phi) is 6.26. The first-order chi connectivity index (χ1) is 13.5. The lowest BCUT2D eigenvalue weighted by atomic mass is 10.2. The lowest BCUT2D eigenvalue weighted by molar-refractivity contribution is 0.0950. The Balaban J connectivity index is 1.64. The van der Waals surface area contributed by atoms with Crippen molar-refractivity contribution in [2.75, 3.05) is 12.3 Å². The molecule has 0 aliphatic rings. The molecule has 0 radical (unpaired) electrons. The molecular formula is C21H22N2O4S. The van der Waals surface area contributed by atoms with Gasteiger partial charge in [0.1, 0.15) is 6.26 Å². The third-order valence-electron chi connectivity index (χ3n) is 4.18. The maximum absolute atomic E-state index is 12.5. The normalized spacial score (nSPS) is 11.3. The van der Waals surface area contributed by atoms with Gasteiger partial charge in [-0.15, -0.1) is 0 Å². The number of amides is 1. The molecule has 1 N–H and O–H groups in total. The average Bonchev–Trinajstić information content (AvgIpc) is 3.17. The fraction of sp³-hybridized carbons (Fsp3) is 0.238. The van der Waals surface area contributed by atoms with Gasteiger partial charge in [-0.3, -0.25) is 4.79 Å². The van der Waals surface area contributed by atoms with Gasteiger partial charge in [0.25, 0.3) is 5.91 Å². The van der Waals surface area contributed by atoms with E-state index >= 15 is 0 Å². The summed E-state index contributed by atoms with van der Waals surface area (Å²) in [6, 6.07) is 15.8. The Morgan fingerprint density at radius 3 is 2.54 bits per heavy atom. The van der Waals surface area contributed by atoms with Gasteiger partial charge in [0.05, 0.1) is 21.9 Å². The van der Waals surface area contributed by atoms with Crippen molar-refractivity contribution in [1.82, 2.24) is 10.3 Å². The lowest BCUT2D eigenvalue weighted by Gasteiger charge is -2.10. The molecule has 6 nitrogen and oxygen atoms in total. The zero-order chi connectivity index (χ0) is 20.0. The van der Waals surface area contributed by atoms with E-state index in [1.807, 2.05) is 30.3 Å². The van der Waals surface area contributed by atoms with E-state index in [2.05, 4.69) is 10.3 Å². The van der Waals surface area contributed by atoms with Gasteiger partial charge in [-0.25, -0.2) is 13.4 Å². The summed E-state index contributed by atoms with van der Waals surface area (Å²) in [6.07, 6.45) is 2.54. The standard InChI is InChI=1S/C21H22N2O4S/c1-2-14-28(25,26)19-11-7-6-10-18(19)20(24)22-13-12-17-15-27-21(23-17)16-8-4-3-5-9-16/h3-11,15H,2,12-14H2,1H3,(H,22,24). The summed E-state index contributed by atoms with van der Waals surface area (Å²) in [7, 11) is -3.48. The third kappa shape index (κ3) is 4.67. The highest BCUT2D eigenvalue weighted by atomic mass is 32.2. The van der Waals surface area contributed by atoms with Crippen molar-refractivity contribution >= 4 is 15.7 Å². The third-order valence-corrected chi connectivity index (χ3v) is 6.15.